The van der Waals surface area contributed by atoms with Crippen molar-refractivity contribution in [3.63, 3.8) is 0 Å². The Kier molecular flexibility index (Phi) is 10.6. The van der Waals surface area contributed by atoms with Gasteiger partial charge in [0.1, 0.15) is 15.6 Å². The third-order valence-corrected chi connectivity index (χ3v) is 5.33. The highest BCUT2D eigenvalue weighted by atomic mass is 32.2. The summed E-state index contributed by atoms with van der Waals surface area (Å²) in [5.74, 6) is -0.359. The van der Waals surface area contributed by atoms with Crippen LogP contribution in [0.5, 0.6) is 5.75 Å². The Hall–Kier alpha value is -2.09. The van der Waals surface area contributed by atoms with E-state index in [1.54, 1.807) is 18.2 Å². The minimum atomic E-state index is -3.04. The standard InChI is InChI=1S/C20H31NO6S/c1-16(15-28(2,25)26)12-13-19(22)21-17-9-6-7-10-18(17)27-14-8-4-3-5-11-20(23)24/h6-7,9-10,16H,3-5,8,11-15H2,1-2H3,(H,21,22)(H,23,24). The third kappa shape index (κ3) is 11.6. The molecule has 0 bridgehead atoms. The van der Waals surface area contributed by atoms with Gasteiger partial charge in [-0.3, -0.25) is 9.59 Å². The van der Waals surface area contributed by atoms with Crippen LogP contribution in [-0.4, -0.2) is 44.0 Å². The van der Waals surface area contributed by atoms with Crippen LogP contribution in [-0.2, 0) is 19.4 Å². The second-order valence-corrected chi connectivity index (χ2v) is 9.37. The SMILES string of the molecule is CC(CCC(=O)Nc1ccccc1OCCCCCCC(=O)O)CS(C)(=O)=O. The van der Waals surface area contributed by atoms with E-state index in [0.29, 0.717) is 30.9 Å². The number of ether oxygens (including phenoxy) is 1. The van der Waals surface area contributed by atoms with Crippen LogP contribution in [0.2, 0.25) is 0 Å². The lowest BCUT2D eigenvalue weighted by molar-refractivity contribution is -0.137. The Morgan fingerprint density at radius 2 is 1.79 bits per heavy atom. The van der Waals surface area contributed by atoms with Crippen molar-refractivity contribution in [2.45, 2.75) is 51.9 Å². The molecule has 1 rings (SSSR count). The van der Waals surface area contributed by atoms with Crippen molar-refractivity contribution in [1.82, 2.24) is 0 Å². The Labute approximate surface area is 167 Å². The van der Waals surface area contributed by atoms with Gasteiger partial charge in [0.2, 0.25) is 5.91 Å². The number of aliphatic carboxylic acids is 1. The lowest BCUT2D eigenvalue weighted by atomic mass is 10.1. The molecule has 1 unspecified atom stereocenters. The van der Waals surface area contributed by atoms with Crippen LogP contribution in [0.25, 0.3) is 0 Å². The Balaban J connectivity index is 2.38. The maximum Gasteiger partial charge on any atom is 0.303 e. The van der Waals surface area contributed by atoms with E-state index in [2.05, 4.69) is 5.32 Å². The molecule has 0 saturated heterocycles. The Bertz CT molecular complexity index is 732. The second kappa shape index (κ2) is 12.4. The third-order valence-electron chi connectivity index (χ3n) is 4.16. The summed E-state index contributed by atoms with van der Waals surface area (Å²) in [6, 6.07) is 7.18. The molecule has 0 spiro atoms. The van der Waals surface area contributed by atoms with Crippen molar-refractivity contribution in [2.24, 2.45) is 5.92 Å². The molecule has 7 nitrogen and oxygen atoms in total. The smallest absolute Gasteiger partial charge is 0.303 e. The summed E-state index contributed by atoms with van der Waals surface area (Å²) in [7, 11) is -3.04. The van der Waals surface area contributed by atoms with E-state index < -0.39 is 15.8 Å². The Morgan fingerprint density at radius 1 is 1.11 bits per heavy atom. The minimum Gasteiger partial charge on any atom is -0.491 e. The highest BCUT2D eigenvalue weighted by molar-refractivity contribution is 7.90. The highest BCUT2D eigenvalue weighted by Gasteiger charge is 2.13. The van der Waals surface area contributed by atoms with E-state index in [1.165, 1.54) is 6.26 Å². The number of hydrogen-bond acceptors (Lipinski definition) is 5. The largest absolute Gasteiger partial charge is 0.491 e. The molecular formula is C20H31NO6S. The summed E-state index contributed by atoms with van der Waals surface area (Å²) in [5, 5.41) is 11.4. The molecule has 0 fully saturated rings. The number of carbonyl (C=O) groups is 2. The fraction of sp³-hybridized carbons (Fsp3) is 0.600. The topological polar surface area (TPSA) is 110 Å². The number of amides is 1. The van der Waals surface area contributed by atoms with Gasteiger partial charge in [0, 0.05) is 19.1 Å². The van der Waals surface area contributed by atoms with Crippen LogP contribution in [0.4, 0.5) is 5.69 Å². The first-order chi connectivity index (χ1) is 13.2. The van der Waals surface area contributed by atoms with E-state index in [-0.39, 0.29) is 30.4 Å². The van der Waals surface area contributed by atoms with Gasteiger partial charge >= 0.3 is 5.97 Å². The van der Waals surface area contributed by atoms with E-state index in [1.807, 2.05) is 13.0 Å². The minimum absolute atomic E-state index is 0.0756. The van der Waals surface area contributed by atoms with Crippen LogP contribution in [0.3, 0.4) is 0 Å². The zero-order valence-corrected chi connectivity index (χ0v) is 17.5. The van der Waals surface area contributed by atoms with Crippen molar-refractivity contribution in [1.29, 1.82) is 0 Å². The average molecular weight is 414 g/mol. The number of benzene rings is 1. The molecule has 0 aliphatic carbocycles. The normalized spacial score (nSPS) is 12.4. The zero-order valence-electron chi connectivity index (χ0n) is 16.6. The molecule has 1 atom stereocenters. The summed E-state index contributed by atoms with van der Waals surface area (Å²) in [4.78, 5) is 22.6. The second-order valence-electron chi connectivity index (χ2n) is 7.19. The summed E-state index contributed by atoms with van der Waals surface area (Å²) >= 11 is 0. The number of para-hydroxylation sites is 2. The fourth-order valence-corrected chi connectivity index (χ4v) is 4.00. The number of anilines is 1. The molecule has 0 heterocycles. The van der Waals surface area contributed by atoms with Crippen LogP contribution < -0.4 is 10.1 Å². The lowest BCUT2D eigenvalue weighted by Crippen LogP contribution is -2.17. The molecule has 0 aliphatic heterocycles. The van der Waals surface area contributed by atoms with Crippen molar-refractivity contribution in [2.75, 3.05) is 23.9 Å². The van der Waals surface area contributed by atoms with Gasteiger partial charge in [0.15, 0.2) is 0 Å². The molecule has 0 saturated carbocycles. The maximum absolute atomic E-state index is 12.2. The summed E-state index contributed by atoms with van der Waals surface area (Å²) < 4.78 is 28.3. The van der Waals surface area contributed by atoms with Crippen molar-refractivity contribution >= 4 is 27.4 Å². The molecule has 1 aromatic carbocycles. The molecule has 0 radical (unpaired) electrons. The highest BCUT2D eigenvalue weighted by Crippen LogP contribution is 2.24. The number of unbranched alkanes of at least 4 members (excludes halogenated alkanes) is 3. The van der Waals surface area contributed by atoms with Gasteiger partial charge < -0.3 is 15.2 Å². The van der Waals surface area contributed by atoms with E-state index in [0.717, 1.165) is 19.3 Å². The number of nitrogens with one attached hydrogen (secondary N) is 1. The molecule has 0 aromatic heterocycles. The van der Waals surface area contributed by atoms with Crippen molar-refractivity contribution in [3.8, 4) is 5.75 Å². The first-order valence-corrected chi connectivity index (χ1v) is 11.6. The van der Waals surface area contributed by atoms with Gasteiger partial charge in [-0.25, -0.2) is 8.42 Å². The first-order valence-electron chi connectivity index (χ1n) is 9.58. The molecule has 2 N–H and O–H groups in total. The number of carboxylic acids is 1. The molecule has 8 heteroatoms. The van der Waals surface area contributed by atoms with E-state index in [9.17, 15) is 18.0 Å². The number of sulfone groups is 1. The number of carbonyl (C=O) groups excluding carboxylic acids is 1. The molecule has 158 valence electrons. The number of hydrogen-bond donors (Lipinski definition) is 2. The zero-order chi connectivity index (χ0) is 21.0. The molecule has 28 heavy (non-hydrogen) atoms. The summed E-state index contributed by atoms with van der Waals surface area (Å²) in [6.45, 7) is 2.31. The monoisotopic (exact) mass is 413 g/mol. The number of carboxylic acid groups (broad SMARTS) is 1. The maximum atomic E-state index is 12.2. The predicted molar refractivity (Wildman–Crippen MR) is 109 cm³/mol. The van der Waals surface area contributed by atoms with Crippen LogP contribution in [0.15, 0.2) is 24.3 Å². The first kappa shape index (κ1) is 23.9. The predicted octanol–water partition coefficient (Wildman–Crippen LogP) is 3.50. The van der Waals surface area contributed by atoms with Gasteiger partial charge in [-0.2, -0.15) is 0 Å². The van der Waals surface area contributed by atoms with Crippen molar-refractivity contribution in [3.05, 3.63) is 24.3 Å². The van der Waals surface area contributed by atoms with Crippen LogP contribution in [0, 0.1) is 5.92 Å². The molecule has 1 amide bonds. The molecule has 0 aliphatic rings. The van der Waals surface area contributed by atoms with Crippen LogP contribution >= 0.6 is 0 Å². The molecule has 1 aromatic rings. The summed E-state index contributed by atoms with van der Waals surface area (Å²) in [6.07, 6.45) is 5.35. The lowest BCUT2D eigenvalue weighted by Gasteiger charge is -2.13. The van der Waals surface area contributed by atoms with Gasteiger partial charge in [0.05, 0.1) is 18.0 Å². The average Bonchev–Trinajstić information content (AvgIpc) is 2.59. The van der Waals surface area contributed by atoms with Gasteiger partial charge in [-0.1, -0.05) is 31.9 Å². The van der Waals surface area contributed by atoms with Crippen LogP contribution in [0.1, 0.15) is 51.9 Å². The van der Waals surface area contributed by atoms with E-state index >= 15 is 0 Å². The fourth-order valence-electron chi connectivity index (χ4n) is 2.80. The van der Waals surface area contributed by atoms with Gasteiger partial charge in [-0.15, -0.1) is 0 Å². The quantitative estimate of drug-likeness (QED) is 0.452. The van der Waals surface area contributed by atoms with Crippen molar-refractivity contribution < 1.29 is 27.9 Å². The van der Waals surface area contributed by atoms with Gasteiger partial charge in [0.25, 0.3) is 0 Å². The van der Waals surface area contributed by atoms with Gasteiger partial charge in [-0.05, 0) is 37.3 Å². The molecular weight excluding hydrogens is 382 g/mol. The summed E-state index contributed by atoms with van der Waals surface area (Å²) in [5.41, 5.74) is 0.592. The van der Waals surface area contributed by atoms with E-state index in [4.69, 9.17) is 9.84 Å². The number of rotatable bonds is 14. The Morgan fingerprint density at radius 3 is 2.46 bits per heavy atom.